The van der Waals surface area contributed by atoms with Gasteiger partial charge in [-0.1, -0.05) is 47.5 Å². The normalized spacial score (nSPS) is 12.7. The molecule has 0 aliphatic heterocycles. The van der Waals surface area contributed by atoms with Crippen molar-refractivity contribution in [3.63, 3.8) is 0 Å². The second kappa shape index (κ2) is 6.10. The van der Waals surface area contributed by atoms with E-state index in [1.165, 1.54) is 0 Å². The molecule has 0 amide bonds. The minimum absolute atomic E-state index is 0.160. The Labute approximate surface area is 133 Å². The summed E-state index contributed by atoms with van der Waals surface area (Å²) in [6.45, 7) is 2.75. The van der Waals surface area contributed by atoms with E-state index in [0.29, 0.717) is 16.6 Å². The Balaban J connectivity index is 1.70. The van der Waals surface area contributed by atoms with Crippen LogP contribution in [0.25, 0.3) is 11.0 Å². The Hall–Kier alpha value is -1.48. The van der Waals surface area contributed by atoms with Crippen molar-refractivity contribution < 1.29 is 4.42 Å². The van der Waals surface area contributed by atoms with Crippen molar-refractivity contribution in [3.05, 3.63) is 69.9 Å². The van der Waals surface area contributed by atoms with E-state index in [9.17, 15) is 0 Å². The van der Waals surface area contributed by atoms with Crippen LogP contribution < -0.4 is 5.32 Å². The molecular weight excluding hydrogens is 305 g/mol. The van der Waals surface area contributed by atoms with Gasteiger partial charge in [0.05, 0.1) is 16.6 Å². The summed E-state index contributed by atoms with van der Waals surface area (Å²) in [7, 11) is 0. The van der Waals surface area contributed by atoms with Crippen LogP contribution in [0.15, 0.2) is 52.9 Å². The molecule has 3 aromatic rings. The van der Waals surface area contributed by atoms with Gasteiger partial charge in [0.25, 0.3) is 0 Å². The molecule has 1 aromatic heterocycles. The SMILES string of the molecule is CC(NCc1cc2ccccc2o1)c1ccc(Cl)c(Cl)c1. The predicted octanol–water partition coefficient (Wildman–Crippen LogP) is 5.59. The fourth-order valence-electron chi connectivity index (χ4n) is 2.28. The standard InChI is InChI=1S/C17H15Cl2NO/c1-11(12-6-7-15(18)16(19)9-12)20-10-14-8-13-4-2-3-5-17(13)21-14/h2-9,11,20H,10H2,1H3. The second-order valence-corrected chi connectivity index (χ2v) is 5.84. The lowest BCUT2D eigenvalue weighted by Crippen LogP contribution is -2.17. The Morgan fingerprint density at radius 2 is 1.86 bits per heavy atom. The van der Waals surface area contributed by atoms with E-state index in [1.54, 1.807) is 0 Å². The Kier molecular flexibility index (Phi) is 4.20. The minimum atomic E-state index is 0.160. The van der Waals surface area contributed by atoms with Gasteiger partial charge in [0.1, 0.15) is 11.3 Å². The van der Waals surface area contributed by atoms with Crippen molar-refractivity contribution in [2.24, 2.45) is 0 Å². The van der Waals surface area contributed by atoms with Crippen LogP contribution in [0.5, 0.6) is 0 Å². The van der Waals surface area contributed by atoms with Crippen LogP contribution in [0.3, 0.4) is 0 Å². The molecule has 0 bridgehead atoms. The first kappa shape index (κ1) is 14.5. The number of para-hydroxylation sites is 1. The topological polar surface area (TPSA) is 25.2 Å². The molecular formula is C17H15Cl2NO. The van der Waals surface area contributed by atoms with E-state index in [4.69, 9.17) is 27.6 Å². The van der Waals surface area contributed by atoms with Gasteiger partial charge in [-0.05, 0) is 36.8 Å². The number of rotatable bonds is 4. The molecule has 108 valence electrons. The molecule has 1 atom stereocenters. The van der Waals surface area contributed by atoms with Gasteiger partial charge in [0, 0.05) is 11.4 Å². The average molecular weight is 320 g/mol. The van der Waals surface area contributed by atoms with Gasteiger partial charge in [0.2, 0.25) is 0 Å². The molecule has 0 spiro atoms. The molecule has 21 heavy (non-hydrogen) atoms. The molecule has 0 saturated carbocycles. The summed E-state index contributed by atoms with van der Waals surface area (Å²) in [6, 6.07) is 15.9. The number of nitrogens with one attached hydrogen (secondary N) is 1. The first-order valence-corrected chi connectivity index (χ1v) is 7.55. The lowest BCUT2D eigenvalue weighted by atomic mass is 10.1. The maximum Gasteiger partial charge on any atom is 0.134 e. The highest BCUT2D eigenvalue weighted by Gasteiger charge is 2.09. The zero-order valence-corrected chi connectivity index (χ0v) is 13.1. The van der Waals surface area contributed by atoms with Crippen molar-refractivity contribution >= 4 is 34.2 Å². The fraction of sp³-hybridized carbons (Fsp3) is 0.176. The molecule has 0 aliphatic carbocycles. The van der Waals surface area contributed by atoms with Crippen molar-refractivity contribution in [1.82, 2.24) is 5.32 Å². The molecule has 3 rings (SSSR count). The molecule has 1 N–H and O–H groups in total. The average Bonchev–Trinajstić information content (AvgIpc) is 2.90. The van der Waals surface area contributed by atoms with Crippen molar-refractivity contribution in [2.45, 2.75) is 19.5 Å². The van der Waals surface area contributed by atoms with Crippen LogP contribution in [-0.2, 0) is 6.54 Å². The summed E-state index contributed by atoms with van der Waals surface area (Å²) in [5.74, 6) is 0.920. The summed E-state index contributed by atoms with van der Waals surface area (Å²) in [5, 5.41) is 5.70. The highest BCUT2D eigenvalue weighted by Crippen LogP contribution is 2.26. The van der Waals surface area contributed by atoms with Gasteiger partial charge in [-0.3, -0.25) is 0 Å². The third-order valence-electron chi connectivity index (χ3n) is 3.50. The van der Waals surface area contributed by atoms with E-state index in [0.717, 1.165) is 22.3 Å². The Morgan fingerprint density at radius 3 is 2.62 bits per heavy atom. The molecule has 4 heteroatoms. The number of benzene rings is 2. The number of hydrogen-bond acceptors (Lipinski definition) is 2. The van der Waals surface area contributed by atoms with Gasteiger partial charge >= 0.3 is 0 Å². The van der Waals surface area contributed by atoms with Gasteiger partial charge in [0.15, 0.2) is 0 Å². The van der Waals surface area contributed by atoms with E-state index in [-0.39, 0.29) is 6.04 Å². The lowest BCUT2D eigenvalue weighted by molar-refractivity contribution is 0.482. The van der Waals surface area contributed by atoms with E-state index in [2.05, 4.69) is 18.3 Å². The number of hydrogen-bond donors (Lipinski definition) is 1. The summed E-state index contributed by atoms with van der Waals surface area (Å²) in [6.07, 6.45) is 0. The lowest BCUT2D eigenvalue weighted by Gasteiger charge is -2.14. The van der Waals surface area contributed by atoms with Crippen molar-refractivity contribution in [2.75, 3.05) is 0 Å². The maximum absolute atomic E-state index is 6.05. The maximum atomic E-state index is 6.05. The third kappa shape index (κ3) is 3.24. The van der Waals surface area contributed by atoms with E-state index >= 15 is 0 Å². The largest absolute Gasteiger partial charge is 0.460 e. The van der Waals surface area contributed by atoms with Crippen LogP contribution in [0, 0.1) is 0 Å². The highest BCUT2D eigenvalue weighted by molar-refractivity contribution is 6.42. The van der Waals surface area contributed by atoms with Gasteiger partial charge in [-0.2, -0.15) is 0 Å². The van der Waals surface area contributed by atoms with Crippen molar-refractivity contribution in [3.8, 4) is 0 Å². The van der Waals surface area contributed by atoms with E-state index < -0.39 is 0 Å². The van der Waals surface area contributed by atoms with Crippen LogP contribution in [0.2, 0.25) is 10.0 Å². The minimum Gasteiger partial charge on any atom is -0.460 e. The highest BCUT2D eigenvalue weighted by atomic mass is 35.5. The predicted molar refractivity (Wildman–Crippen MR) is 87.9 cm³/mol. The van der Waals surface area contributed by atoms with Gasteiger partial charge in [-0.25, -0.2) is 0 Å². The van der Waals surface area contributed by atoms with Crippen LogP contribution in [0.4, 0.5) is 0 Å². The quantitative estimate of drug-likeness (QED) is 0.678. The molecule has 0 fully saturated rings. The molecule has 1 heterocycles. The monoisotopic (exact) mass is 319 g/mol. The number of furan rings is 1. The smallest absolute Gasteiger partial charge is 0.134 e. The third-order valence-corrected chi connectivity index (χ3v) is 4.24. The zero-order chi connectivity index (χ0) is 14.8. The fourth-order valence-corrected chi connectivity index (χ4v) is 2.58. The molecule has 0 radical (unpaired) electrons. The Bertz CT molecular complexity index is 733. The molecule has 0 aliphatic rings. The first-order chi connectivity index (χ1) is 10.1. The summed E-state index contributed by atoms with van der Waals surface area (Å²) in [4.78, 5) is 0. The zero-order valence-electron chi connectivity index (χ0n) is 11.6. The van der Waals surface area contributed by atoms with Gasteiger partial charge < -0.3 is 9.73 Å². The van der Waals surface area contributed by atoms with Crippen LogP contribution >= 0.6 is 23.2 Å². The first-order valence-electron chi connectivity index (χ1n) is 6.79. The van der Waals surface area contributed by atoms with Gasteiger partial charge in [-0.15, -0.1) is 0 Å². The summed E-state index contributed by atoms with van der Waals surface area (Å²) < 4.78 is 5.79. The molecule has 2 nitrogen and oxygen atoms in total. The summed E-state index contributed by atoms with van der Waals surface area (Å²) in [5.41, 5.74) is 2.01. The van der Waals surface area contributed by atoms with Crippen LogP contribution in [0.1, 0.15) is 24.3 Å². The number of halogens is 2. The molecule has 2 aromatic carbocycles. The molecule has 0 saturated heterocycles. The van der Waals surface area contributed by atoms with Crippen LogP contribution in [-0.4, -0.2) is 0 Å². The van der Waals surface area contributed by atoms with Crippen molar-refractivity contribution in [1.29, 1.82) is 0 Å². The second-order valence-electron chi connectivity index (χ2n) is 5.03. The summed E-state index contributed by atoms with van der Waals surface area (Å²) >= 11 is 12.0. The Morgan fingerprint density at radius 1 is 1.05 bits per heavy atom. The van der Waals surface area contributed by atoms with E-state index in [1.807, 2.05) is 42.5 Å². The molecule has 1 unspecified atom stereocenters. The number of fused-ring (bicyclic) bond motifs is 1.